The molecule has 0 amide bonds. The number of carbonyl (C=O) groups is 2. The first-order valence-electron chi connectivity index (χ1n) is 8.19. The number of nitriles is 1. The van der Waals surface area contributed by atoms with Crippen LogP contribution in [-0.4, -0.2) is 37.6 Å². The Morgan fingerprint density at radius 2 is 1.88 bits per heavy atom. The van der Waals surface area contributed by atoms with Crippen LogP contribution in [0.1, 0.15) is 24.0 Å². The summed E-state index contributed by atoms with van der Waals surface area (Å²) in [4.78, 5) is 25.1. The fraction of sp³-hybridized carbons (Fsp3) is 0.316. The van der Waals surface area contributed by atoms with Crippen LogP contribution in [0.3, 0.4) is 0 Å². The van der Waals surface area contributed by atoms with Gasteiger partial charge in [0, 0.05) is 17.9 Å². The summed E-state index contributed by atoms with van der Waals surface area (Å²) >= 11 is 0. The SMILES string of the molecule is N#CC1=C(O)[C@@]2(O)C(=O)C3=C(O)c4c(O)cccc4CC3CC2CC1=O. The first-order valence-corrected chi connectivity index (χ1v) is 8.19. The van der Waals surface area contributed by atoms with Crippen molar-refractivity contribution in [1.82, 2.24) is 0 Å². The topological polar surface area (TPSA) is 139 Å². The number of aromatic hydroxyl groups is 1. The van der Waals surface area contributed by atoms with Crippen LogP contribution in [0.15, 0.2) is 35.1 Å². The number of fused-ring (bicyclic) bond motifs is 3. The molecule has 1 aromatic carbocycles. The minimum Gasteiger partial charge on any atom is -0.507 e. The van der Waals surface area contributed by atoms with Crippen LogP contribution < -0.4 is 0 Å². The van der Waals surface area contributed by atoms with Gasteiger partial charge in [-0.05, 0) is 30.4 Å². The highest BCUT2D eigenvalue weighted by atomic mass is 16.3. The minimum absolute atomic E-state index is 0.0871. The molecule has 0 spiro atoms. The third kappa shape index (κ3) is 1.85. The number of aliphatic hydroxyl groups is 3. The zero-order valence-corrected chi connectivity index (χ0v) is 13.6. The maximum Gasteiger partial charge on any atom is 0.202 e. The van der Waals surface area contributed by atoms with Gasteiger partial charge in [-0.25, -0.2) is 0 Å². The van der Waals surface area contributed by atoms with E-state index >= 15 is 0 Å². The highest BCUT2D eigenvalue weighted by Gasteiger charge is 2.59. The predicted molar refractivity (Wildman–Crippen MR) is 87.8 cm³/mol. The quantitative estimate of drug-likeness (QED) is 0.554. The van der Waals surface area contributed by atoms with Crippen LogP contribution in [0.4, 0.5) is 0 Å². The predicted octanol–water partition coefficient (Wildman–Crippen LogP) is 1.46. The molecule has 7 nitrogen and oxygen atoms in total. The molecule has 0 aliphatic heterocycles. The van der Waals surface area contributed by atoms with Gasteiger partial charge in [-0.3, -0.25) is 9.59 Å². The van der Waals surface area contributed by atoms with Gasteiger partial charge in [0.2, 0.25) is 5.78 Å². The average molecular weight is 353 g/mol. The van der Waals surface area contributed by atoms with Crippen molar-refractivity contribution in [2.75, 3.05) is 0 Å². The molecule has 0 saturated heterocycles. The molecule has 3 aliphatic carbocycles. The van der Waals surface area contributed by atoms with Crippen LogP contribution >= 0.6 is 0 Å². The number of nitrogens with zero attached hydrogens (tertiary/aromatic N) is 1. The third-order valence-electron chi connectivity index (χ3n) is 5.67. The van der Waals surface area contributed by atoms with E-state index in [1.165, 1.54) is 12.1 Å². The van der Waals surface area contributed by atoms with Crippen molar-refractivity contribution in [3.8, 4) is 11.8 Å². The lowest BCUT2D eigenvalue weighted by Crippen LogP contribution is -2.57. The zero-order chi connectivity index (χ0) is 18.8. The molecule has 26 heavy (non-hydrogen) atoms. The van der Waals surface area contributed by atoms with Crippen molar-refractivity contribution in [2.45, 2.75) is 24.9 Å². The van der Waals surface area contributed by atoms with E-state index < -0.39 is 46.1 Å². The first-order chi connectivity index (χ1) is 12.3. The number of phenols is 1. The lowest BCUT2D eigenvalue weighted by atomic mass is 9.59. The van der Waals surface area contributed by atoms with Crippen molar-refractivity contribution in [3.63, 3.8) is 0 Å². The maximum atomic E-state index is 13.1. The van der Waals surface area contributed by atoms with E-state index in [2.05, 4.69) is 0 Å². The van der Waals surface area contributed by atoms with Gasteiger partial charge in [0.1, 0.15) is 23.2 Å². The molecule has 3 aliphatic rings. The summed E-state index contributed by atoms with van der Waals surface area (Å²) < 4.78 is 0. The van der Waals surface area contributed by atoms with Gasteiger partial charge < -0.3 is 20.4 Å². The number of hydrogen-bond donors (Lipinski definition) is 4. The second-order valence-corrected chi connectivity index (χ2v) is 6.97. The van der Waals surface area contributed by atoms with Gasteiger partial charge in [0.25, 0.3) is 0 Å². The second kappa shape index (κ2) is 5.19. The van der Waals surface area contributed by atoms with E-state index in [-0.39, 0.29) is 29.7 Å². The van der Waals surface area contributed by atoms with Crippen LogP contribution in [0.25, 0.3) is 5.76 Å². The van der Waals surface area contributed by atoms with Crippen LogP contribution in [0, 0.1) is 23.2 Å². The summed E-state index contributed by atoms with van der Waals surface area (Å²) in [5.74, 6) is -4.45. The van der Waals surface area contributed by atoms with Crippen LogP contribution in [0.5, 0.6) is 5.75 Å². The van der Waals surface area contributed by atoms with Crippen molar-refractivity contribution < 1.29 is 30.0 Å². The number of benzene rings is 1. The van der Waals surface area contributed by atoms with Gasteiger partial charge in [-0.1, -0.05) is 12.1 Å². The van der Waals surface area contributed by atoms with Gasteiger partial charge in [0.05, 0.1) is 5.56 Å². The fourth-order valence-electron chi connectivity index (χ4n) is 4.42. The number of ketones is 2. The van der Waals surface area contributed by atoms with E-state index in [1.807, 2.05) is 0 Å². The zero-order valence-electron chi connectivity index (χ0n) is 13.6. The molecule has 132 valence electrons. The Bertz CT molecular complexity index is 982. The molecule has 3 atom stereocenters. The largest absolute Gasteiger partial charge is 0.507 e. The van der Waals surface area contributed by atoms with E-state index in [0.717, 1.165) is 0 Å². The van der Waals surface area contributed by atoms with E-state index in [9.17, 15) is 30.0 Å². The molecular weight excluding hydrogens is 338 g/mol. The monoisotopic (exact) mass is 353 g/mol. The Kier molecular flexibility index (Phi) is 3.27. The van der Waals surface area contributed by atoms with Gasteiger partial charge in [-0.15, -0.1) is 0 Å². The molecule has 0 radical (unpaired) electrons. The standard InChI is InChI=1S/C19H15NO6/c20-7-11-13(22)6-10-5-9-4-8-2-1-3-12(21)14(8)16(23)15(9)18(25)19(10,26)17(11)24/h1-3,9-10,21,23-24,26H,4-6H2/t9?,10?,19-/m1/s1. The molecule has 7 heteroatoms. The molecule has 0 heterocycles. The number of hydrogen-bond acceptors (Lipinski definition) is 7. The maximum absolute atomic E-state index is 13.1. The molecule has 4 N–H and O–H groups in total. The Morgan fingerprint density at radius 3 is 2.58 bits per heavy atom. The highest BCUT2D eigenvalue weighted by Crippen LogP contribution is 2.51. The minimum atomic E-state index is -2.42. The van der Waals surface area contributed by atoms with E-state index in [1.54, 1.807) is 12.1 Å². The van der Waals surface area contributed by atoms with Crippen molar-refractivity contribution >= 4 is 17.3 Å². The average Bonchev–Trinajstić information content (AvgIpc) is 2.58. The summed E-state index contributed by atoms with van der Waals surface area (Å²) in [6.07, 6.45) is 0.309. The van der Waals surface area contributed by atoms with Crippen molar-refractivity contribution in [3.05, 3.63) is 46.2 Å². The van der Waals surface area contributed by atoms with E-state index in [4.69, 9.17) is 5.26 Å². The van der Waals surface area contributed by atoms with Crippen LogP contribution in [0.2, 0.25) is 0 Å². The number of carbonyl (C=O) groups excluding carboxylic acids is 2. The third-order valence-corrected chi connectivity index (χ3v) is 5.67. The molecule has 1 aromatic rings. The molecule has 1 fully saturated rings. The van der Waals surface area contributed by atoms with Gasteiger partial charge >= 0.3 is 0 Å². The van der Waals surface area contributed by atoms with Crippen molar-refractivity contribution in [1.29, 1.82) is 5.26 Å². The Hall–Kier alpha value is -3.11. The number of rotatable bonds is 0. The fourth-order valence-corrected chi connectivity index (χ4v) is 4.42. The number of aliphatic hydroxyl groups excluding tert-OH is 2. The summed E-state index contributed by atoms with van der Waals surface area (Å²) in [6.45, 7) is 0. The molecule has 2 unspecified atom stereocenters. The lowest BCUT2D eigenvalue weighted by Gasteiger charge is -2.45. The Labute approximate surface area is 148 Å². The molecule has 0 bridgehead atoms. The van der Waals surface area contributed by atoms with Crippen LogP contribution in [-0.2, 0) is 16.0 Å². The molecule has 1 saturated carbocycles. The number of Topliss-reactive ketones (excluding diaryl/α,β-unsaturated/α-hetero) is 2. The number of phenolic OH excluding ortho intramolecular Hbond substituents is 1. The molecule has 0 aromatic heterocycles. The summed E-state index contributed by atoms with van der Waals surface area (Å²) in [6, 6.07) is 6.28. The number of allylic oxidation sites excluding steroid dienone is 1. The second-order valence-electron chi connectivity index (χ2n) is 6.97. The van der Waals surface area contributed by atoms with E-state index in [0.29, 0.717) is 12.0 Å². The summed E-state index contributed by atoms with van der Waals surface area (Å²) in [7, 11) is 0. The highest BCUT2D eigenvalue weighted by molar-refractivity contribution is 6.13. The summed E-state index contributed by atoms with van der Waals surface area (Å²) in [5, 5.41) is 51.0. The summed E-state index contributed by atoms with van der Waals surface area (Å²) in [5.41, 5.74) is -2.34. The first kappa shape index (κ1) is 16.4. The van der Waals surface area contributed by atoms with Crippen molar-refractivity contribution in [2.24, 2.45) is 11.8 Å². The normalized spacial score (nSPS) is 30.5. The smallest absolute Gasteiger partial charge is 0.202 e. The Morgan fingerprint density at radius 1 is 1.15 bits per heavy atom. The lowest BCUT2D eigenvalue weighted by molar-refractivity contribution is -0.147. The van der Waals surface area contributed by atoms with Gasteiger partial charge in [-0.2, -0.15) is 5.26 Å². The molecule has 4 rings (SSSR count). The van der Waals surface area contributed by atoms with Gasteiger partial charge in [0.15, 0.2) is 17.1 Å². The molecular formula is C19H15NO6. The Balaban J connectivity index is 1.94.